The number of nitrogens with two attached hydrogens (primary N) is 1. The maximum absolute atomic E-state index is 5.65. The zero-order valence-corrected chi connectivity index (χ0v) is 9.00. The fourth-order valence-corrected chi connectivity index (χ4v) is 1.44. The van der Waals surface area contributed by atoms with Crippen molar-refractivity contribution in [1.29, 1.82) is 0 Å². The Labute approximate surface area is 94.3 Å². The van der Waals surface area contributed by atoms with E-state index in [4.69, 9.17) is 5.73 Å². The minimum Gasteiger partial charge on any atom is -0.399 e. The van der Waals surface area contributed by atoms with Gasteiger partial charge in [0.2, 0.25) is 0 Å². The molecule has 0 saturated heterocycles. The van der Waals surface area contributed by atoms with Gasteiger partial charge in [-0.2, -0.15) is 0 Å². The Morgan fingerprint density at radius 1 is 1.38 bits per heavy atom. The number of nitrogens with zero attached hydrogens (tertiary/aromatic N) is 3. The highest BCUT2D eigenvalue weighted by molar-refractivity contribution is 5.48. The molecule has 0 spiro atoms. The van der Waals surface area contributed by atoms with Gasteiger partial charge in [-0.05, 0) is 12.5 Å². The molecule has 16 heavy (non-hydrogen) atoms. The Kier molecular flexibility index (Phi) is 3.38. The van der Waals surface area contributed by atoms with Crippen LogP contribution in [0.2, 0.25) is 0 Å². The van der Waals surface area contributed by atoms with Crippen molar-refractivity contribution in [3.05, 3.63) is 37.1 Å². The minimum absolute atomic E-state index is 0.729. The average Bonchev–Trinajstić information content (AvgIpc) is 2.77. The highest BCUT2D eigenvalue weighted by atomic mass is 15.0. The van der Waals surface area contributed by atoms with E-state index in [0.717, 1.165) is 31.0 Å². The first-order valence-corrected chi connectivity index (χ1v) is 5.26. The molecule has 2 rings (SSSR count). The third-order valence-corrected chi connectivity index (χ3v) is 2.24. The lowest BCUT2D eigenvalue weighted by Gasteiger charge is -2.06. The van der Waals surface area contributed by atoms with Gasteiger partial charge >= 0.3 is 0 Å². The molecule has 0 aliphatic heterocycles. The van der Waals surface area contributed by atoms with E-state index < -0.39 is 0 Å². The molecular weight excluding hydrogens is 202 g/mol. The van der Waals surface area contributed by atoms with Crippen molar-refractivity contribution < 1.29 is 0 Å². The van der Waals surface area contributed by atoms with E-state index in [1.807, 2.05) is 18.6 Å². The molecule has 84 valence electrons. The lowest BCUT2D eigenvalue weighted by Crippen LogP contribution is -2.07. The van der Waals surface area contributed by atoms with Gasteiger partial charge in [-0.15, -0.1) is 0 Å². The van der Waals surface area contributed by atoms with Crippen molar-refractivity contribution in [2.75, 3.05) is 17.6 Å². The first-order chi connectivity index (χ1) is 7.84. The number of hydrogen-bond acceptors (Lipinski definition) is 4. The average molecular weight is 217 g/mol. The molecule has 0 amide bonds. The molecule has 3 N–H and O–H groups in total. The van der Waals surface area contributed by atoms with Crippen LogP contribution >= 0.6 is 0 Å². The predicted molar refractivity (Wildman–Crippen MR) is 64.0 cm³/mol. The first kappa shape index (κ1) is 10.5. The normalized spacial score (nSPS) is 10.2. The van der Waals surface area contributed by atoms with Crippen LogP contribution in [0, 0.1) is 0 Å². The lowest BCUT2D eigenvalue weighted by molar-refractivity contribution is 0.660. The maximum atomic E-state index is 5.65. The summed E-state index contributed by atoms with van der Waals surface area (Å²) in [4.78, 5) is 8.15. The van der Waals surface area contributed by atoms with Gasteiger partial charge in [0.1, 0.15) is 5.82 Å². The molecule has 0 aromatic carbocycles. The van der Waals surface area contributed by atoms with Crippen LogP contribution in [-0.4, -0.2) is 21.1 Å². The van der Waals surface area contributed by atoms with Crippen LogP contribution in [0.1, 0.15) is 6.42 Å². The summed E-state index contributed by atoms with van der Waals surface area (Å²) in [5.74, 6) is 0.825. The number of aryl methyl sites for hydroxylation is 1. The van der Waals surface area contributed by atoms with Crippen molar-refractivity contribution >= 4 is 11.5 Å². The van der Waals surface area contributed by atoms with Crippen LogP contribution < -0.4 is 11.1 Å². The Hall–Kier alpha value is -2.04. The molecule has 0 bridgehead atoms. The molecule has 5 heteroatoms. The topological polar surface area (TPSA) is 68.8 Å². The van der Waals surface area contributed by atoms with E-state index in [9.17, 15) is 0 Å². The van der Waals surface area contributed by atoms with Gasteiger partial charge in [0.05, 0.1) is 6.33 Å². The minimum atomic E-state index is 0.729. The fraction of sp³-hybridized carbons (Fsp3) is 0.273. The first-order valence-electron chi connectivity index (χ1n) is 5.26. The number of nitrogen functional groups attached to an aromatic ring is 1. The molecule has 2 heterocycles. The number of rotatable bonds is 5. The van der Waals surface area contributed by atoms with Gasteiger partial charge in [-0.1, -0.05) is 0 Å². The number of imidazole rings is 1. The zero-order chi connectivity index (χ0) is 11.2. The molecule has 0 fully saturated rings. The second-order valence-corrected chi connectivity index (χ2v) is 3.56. The quantitative estimate of drug-likeness (QED) is 0.742. The summed E-state index contributed by atoms with van der Waals surface area (Å²) in [5, 5.41) is 3.22. The SMILES string of the molecule is Nc1ccnc(NCCCn2ccnc2)c1. The molecule has 0 saturated carbocycles. The van der Waals surface area contributed by atoms with E-state index in [-0.39, 0.29) is 0 Å². The summed E-state index contributed by atoms with van der Waals surface area (Å²) in [7, 11) is 0. The smallest absolute Gasteiger partial charge is 0.127 e. The van der Waals surface area contributed by atoms with Crippen LogP contribution in [0.4, 0.5) is 11.5 Å². The van der Waals surface area contributed by atoms with Gasteiger partial charge < -0.3 is 15.6 Å². The number of anilines is 2. The van der Waals surface area contributed by atoms with Crippen molar-refractivity contribution in [3.8, 4) is 0 Å². The summed E-state index contributed by atoms with van der Waals surface area (Å²) in [6.45, 7) is 1.82. The third-order valence-electron chi connectivity index (χ3n) is 2.24. The lowest BCUT2D eigenvalue weighted by atomic mass is 10.3. The number of hydrogen-bond donors (Lipinski definition) is 2. The number of pyridine rings is 1. The highest BCUT2D eigenvalue weighted by Gasteiger charge is 1.94. The second-order valence-electron chi connectivity index (χ2n) is 3.56. The van der Waals surface area contributed by atoms with E-state index in [1.54, 1.807) is 18.5 Å². The van der Waals surface area contributed by atoms with Crippen LogP contribution in [0.5, 0.6) is 0 Å². The van der Waals surface area contributed by atoms with Gasteiger partial charge in [-0.25, -0.2) is 9.97 Å². The molecule has 0 aliphatic rings. The molecule has 0 aliphatic carbocycles. The van der Waals surface area contributed by atoms with Gasteiger partial charge in [0.25, 0.3) is 0 Å². The molecule has 0 unspecified atom stereocenters. The van der Waals surface area contributed by atoms with Crippen LogP contribution in [0.3, 0.4) is 0 Å². The molecule has 2 aromatic rings. The standard InChI is InChI=1S/C11H15N5/c12-10-2-4-15-11(8-10)14-3-1-6-16-7-5-13-9-16/h2,4-5,7-9H,1,3,6H2,(H3,12,14,15). The van der Waals surface area contributed by atoms with E-state index in [1.165, 1.54) is 0 Å². The number of aromatic nitrogens is 3. The molecule has 0 radical (unpaired) electrons. The van der Waals surface area contributed by atoms with E-state index >= 15 is 0 Å². The second kappa shape index (κ2) is 5.16. The Bertz CT molecular complexity index is 424. The van der Waals surface area contributed by atoms with Gasteiger partial charge in [-0.3, -0.25) is 0 Å². The van der Waals surface area contributed by atoms with Crippen LogP contribution in [-0.2, 0) is 6.54 Å². The third kappa shape index (κ3) is 2.98. The Morgan fingerprint density at radius 2 is 2.31 bits per heavy atom. The van der Waals surface area contributed by atoms with Gasteiger partial charge in [0, 0.05) is 43.4 Å². The fourth-order valence-electron chi connectivity index (χ4n) is 1.44. The number of nitrogens with one attached hydrogen (secondary N) is 1. The summed E-state index contributed by atoms with van der Waals surface area (Å²) in [5.41, 5.74) is 6.38. The largest absolute Gasteiger partial charge is 0.399 e. The highest BCUT2D eigenvalue weighted by Crippen LogP contribution is 2.07. The van der Waals surface area contributed by atoms with Crippen LogP contribution in [0.15, 0.2) is 37.1 Å². The monoisotopic (exact) mass is 217 g/mol. The van der Waals surface area contributed by atoms with Crippen molar-refractivity contribution in [2.24, 2.45) is 0 Å². The zero-order valence-electron chi connectivity index (χ0n) is 9.00. The predicted octanol–water partition coefficient (Wildman–Crippen LogP) is 1.36. The molecule has 2 aromatic heterocycles. The molecular formula is C11H15N5. The summed E-state index contributed by atoms with van der Waals surface area (Å²) in [6.07, 6.45) is 8.28. The summed E-state index contributed by atoms with van der Waals surface area (Å²) in [6, 6.07) is 3.61. The maximum Gasteiger partial charge on any atom is 0.127 e. The molecule has 5 nitrogen and oxygen atoms in total. The van der Waals surface area contributed by atoms with Crippen molar-refractivity contribution in [2.45, 2.75) is 13.0 Å². The van der Waals surface area contributed by atoms with Crippen molar-refractivity contribution in [1.82, 2.24) is 14.5 Å². The summed E-state index contributed by atoms with van der Waals surface area (Å²) >= 11 is 0. The Morgan fingerprint density at radius 3 is 3.06 bits per heavy atom. The molecule has 0 atom stereocenters. The van der Waals surface area contributed by atoms with E-state index in [2.05, 4.69) is 19.9 Å². The summed E-state index contributed by atoms with van der Waals surface area (Å²) < 4.78 is 2.05. The Balaban J connectivity index is 1.72. The van der Waals surface area contributed by atoms with Gasteiger partial charge in [0.15, 0.2) is 0 Å². The van der Waals surface area contributed by atoms with Crippen molar-refractivity contribution in [3.63, 3.8) is 0 Å². The van der Waals surface area contributed by atoms with E-state index in [0.29, 0.717) is 0 Å². The van der Waals surface area contributed by atoms with Crippen LogP contribution in [0.25, 0.3) is 0 Å².